The zero-order valence-corrected chi connectivity index (χ0v) is 50.8. The molecule has 0 rings (SSSR count). The topological polar surface area (TPSA) is 78.9 Å². The van der Waals surface area contributed by atoms with Crippen LogP contribution in [0.2, 0.25) is 0 Å². The van der Waals surface area contributed by atoms with Gasteiger partial charge in [0.2, 0.25) is 0 Å². The second-order valence-electron chi connectivity index (χ2n) is 22.4. The van der Waals surface area contributed by atoms with E-state index in [1.54, 1.807) is 0 Å². The summed E-state index contributed by atoms with van der Waals surface area (Å²) in [6.45, 7) is 6.57. The molecule has 1 unspecified atom stereocenters. The number of allylic oxidation sites excluding steroid dienone is 10. The van der Waals surface area contributed by atoms with Crippen LogP contribution < -0.4 is 0 Å². The van der Waals surface area contributed by atoms with Gasteiger partial charge in [-0.25, -0.2) is 0 Å². The van der Waals surface area contributed by atoms with Crippen molar-refractivity contribution in [2.24, 2.45) is 0 Å². The van der Waals surface area contributed by atoms with Crippen LogP contribution in [0.25, 0.3) is 0 Å². The Morgan fingerprint density at radius 2 is 0.513 bits per heavy atom. The van der Waals surface area contributed by atoms with Crippen LogP contribution in [0.4, 0.5) is 0 Å². The lowest BCUT2D eigenvalue weighted by atomic mass is 10.0. The summed E-state index contributed by atoms with van der Waals surface area (Å²) in [4.78, 5) is 38.4. The van der Waals surface area contributed by atoms with Crippen LogP contribution in [0.5, 0.6) is 0 Å². The molecule has 6 heteroatoms. The largest absolute Gasteiger partial charge is 0.462 e. The molecule has 0 amide bonds. The van der Waals surface area contributed by atoms with Crippen LogP contribution in [-0.4, -0.2) is 37.2 Å². The van der Waals surface area contributed by atoms with E-state index in [0.29, 0.717) is 19.3 Å². The quantitative estimate of drug-likeness (QED) is 0.0261. The first-order valence-electron chi connectivity index (χ1n) is 33.3. The van der Waals surface area contributed by atoms with Crippen LogP contribution in [0.1, 0.15) is 348 Å². The van der Waals surface area contributed by atoms with Crippen molar-refractivity contribution in [3.8, 4) is 0 Å². The van der Waals surface area contributed by atoms with Gasteiger partial charge in [0.15, 0.2) is 6.10 Å². The molecule has 0 bridgehead atoms. The Kier molecular flexibility index (Phi) is 62.2. The highest BCUT2D eigenvalue weighted by Gasteiger charge is 2.19. The molecule has 0 saturated carbocycles. The van der Waals surface area contributed by atoms with Crippen LogP contribution in [0, 0.1) is 0 Å². The fourth-order valence-electron chi connectivity index (χ4n) is 9.79. The van der Waals surface area contributed by atoms with Crippen molar-refractivity contribution in [1.29, 1.82) is 0 Å². The van der Waals surface area contributed by atoms with Gasteiger partial charge in [-0.15, -0.1) is 0 Å². The van der Waals surface area contributed by atoms with Gasteiger partial charge in [0, 0.05) is 19.3 Å². The van der Waals surface area contributed by atoms with E-state index in [1.165, 1.54) is 218 Å². The number of carbonyl (C=O) groups excluding carboxylic acids is 3. The van der Waals surface area contributed by atoms with Gasteiger partial charge in [-0.3, -0.25) is 14.4 Å². The summed E-state index contributed by atoms with van der Waals surface area (Å²) < 4.78 is 17.0. The van der Waals surface area contributed by atoms with Crippen molar-refractivity contribution < 1.29 is 28.6 Å². The summed E-state index contributed by atoms with van der Waals surface area (Å²) in [5, 5.41) is 0. The minimum Gasteiger partial charge on any atom is -0.462 e. The summed E-state index contributed by atoms with van der Waals surface area (Å²) in [5.74, 6) is -0.862. The van der Waals surface area contributed by atoms with Gasteiger partial charge in [0.1, 0.15) is 13.2 Å². The van der Waals surface area contributed by atoms with Crippen molar-refractivity contribution in [2.75, 3.05) is 13.2 Å². The van der Waals surface area contributed by atoms with E-state index >= 15 is 0 Å². The zero-order valence-electron chi connectivity index (χ0n) is 50.8. The molecule has 0 saturated heterocycles. The predicted molar refractivity (Wildman–Crippen MR) is 330 cm³/mol. The normalized spacial score (nSPS) is 12.4. The molecule has 0 aliphatic heterocycles. The number of unbranched alkanes of at least 4 members (excludes halogenated alkanes) is 40. The van der Waals surface area contributed by atoms with Crippen LogP contribution in [0.15, 0.2) is 60.8 Å². The second-order valence-corrected chi connectivity index (χ2v) is 22.4. The Hall–Kier alpha value is -2.89. The highest BCUT2D eigenvalue weighted by atomic mass is 16.6. The molecular weight excluding hydrogens is 937 g/mol. The van der Waals surface area contributed by atoms with E-state index < -0.39 is 6.10 Å². The summed E-state index contributed by atoms with van der Waals surface area (Å²) >= 11 is 0. The number of carbonyl (C=O) groups is 3. The Balaban J connectivity index is 4.29. The maximum atomic E-state index is 12.9. The Morgan fingerprint density at radius 1 is 0.276 bits per heavy atom. The van der Waals surface area contributed by atoms with E-state index in [1.807, 2.05) is 0 Å². The molecule has 0 aliphatic carbocycles. The highest BCUT2D eigenvalue weighted by Crippen LogP contribution is 2.18. The standard InChI is InChI=1S/C70H126O6/c1-4-7-10-13-16-19-22-25-28-30-32-33-34-35-36-37-39-40-42-45-48-51-54-57-60-63-69(72)75-66-67(65-74-68(71)62-59-56-53-50-47-44-27-24-21-18-15-12-9-6-3)76-70(73)64-61-58-55-52-49-46-43-41-38-31-29-26-23-20-17-14-11-8-5-2/h7,10,16,19,24-25,27-28,32-33,67H,4-6,8-9,11-15,17-18,20-23,26,29-31,34-66H2,1-3H3/b10-7-,19-16-,27-24-,28-25-,33-32-. The predicted octanol–water partition coefficient (Wildman–Crippen LogP) is 22.7. The number of hydrogen-bond donors (Lipinski definition) is 0. The van der Waals surface area contributed by atoms with Crippen molar-refractivity contribution in [3.63, 3.8) is 0 Å². The van der Waals surface area contributed by atoms with E-state index in [4.69, 9.17) is 14.2 Å². The molecule has 76 heavy (non-hydrogen) atoms. The third kappa shape index (κ3) is 62.0. The monoisotopic (exact) mass is 1060 g/mol. The highest BCUT2D eigenvalue weighted by molar-refractivity contribution is 5.71. The van der Waals surface area contributed by atoms with Crippen molar-refractivity contribution in [1.82, 2.24) is 0 Å². The Labute approximate surface area is 472 Å². The van der Waals surface area contributed by atoms with Gasteiger partial charge >= 0.3 is 17.9 Å². The average molecular weight is 1060 g/mol. The van der Waals surface area contributed by atoms with Crippen LogP contribution in [0.3, 0.4) is 0 Å². The fourth-order valence-corrected chi connectivity index (χ4v) is 9.79. The minimum atomic E-state index is -0.777. The summed E-state index contributed by atoms with van der Waals surface area (Å²) in [6.07, 6.45) is 82.3. The van der Waals surface area contributed by atoms with E-state index in [2.05, 4.69) is 81.5 Å². The lowest BCUT2D eigenvalue weighted by molar-refractivity contribution is -0.167. The van der Waals surface area contributed by atoms with E-state index in [0.717, 1.165) is 89.9 Å². The van der Waals surface area contributed by atoms with Crippen LogP contribution >= 0.6 is 0 Å². The number of esters is 3. The fraction of sp³-hybridized carbons (Fsp3) is 0.814. The Morgan fingerprint density at radius 3 is 0.816 bits per heavy atom. The molecule has 0 heterocycles. The Bertz CT molecular complexity index is 1360. The SMILES string of the molecule is CC/C=C\C/C=C\C/C=C\C/C=C\CCCCCCCCCCCCCCC(=O)OCC(COC(=O)CCCCCCC/C=C\CCCCCCC)OC(=O)CCCCCCCCCCCCCCCCCCCCC. The first-order chi connectivity index (χ1) is 37.5. The summed E-state index contributed by atoms with van der Waals surface area (Å²) in [5.41, 5.74) is 0. The molecule has 0 aromatic heterocycles. The van der Waals surface area contributed by atoms with Gasteiger partial charge < -0.3 is 14.2 Å². The van der Waals surface area contributed by atoms with Crippen molar-refractivity contribution in [3.05, 3.63) is 60.8 Å². The maximum absolute atomic E-state index is 12.9. The lowest BCUT2D eigenvalue weighted by Crippen LogP contribution is -2.30. The third-order valence-corrected chi connectivity index (χ3v) is 14.8. The number of ether oxygens (including phenoxy) is 3. The molecular formula is C70H126O6. The number of rotatable bonds is 61. The molecule has 0 aromatic rings. The smallest absolute Gasteiger partial charge is 0.306 e. The second kappa shape index (κ2) is 64.6. The molecule has 0 radical (unpaired) electrons. The molecule has 6 nitrogen and oxygen atoms in total. The maximum Gasteiger partial charge on any atom is 0.306 e. The molecule has 442 valence electrons. The van der Waals surface area contributed by atoms with E-state index in [9.17, 15) is 14.4 Å². The van der Waals surface area contributed by atoms with E-state index in [-0.39, 0.29) is 31.1 Å². The third-order valence-electron chi connectivity index (χ3n) is 14.8. The number of hydrogen-bond acceptors (Lipinski definition) is 6. The average Bonchev–Trinajstić information content (AvgIpc) is 3.42. The van der Waals surface area contributed by atoms with Crippen molar-refractivity contribution in [2.45, 2.75) is 354 Å². The summed E-state index contributed by atoms with van der Waals surface area (Å²) in [6, 6.07) is 0. The lowest BCUT2D eigenvalue weighted by Gasteiger charge is -2.18. The molecule has 0 N–H and O–H groups in total. The molecule has 0 aliphatic rings. The first kappa shape index (κ1) is 73.1. The van der Waals surface area contributed by atoms with Gasteiger partial charge in [-0.1, -0.05) is 306 Å². The van der Waals surface area contributed by atoms with Crippen LogP contribution in [-0.2, 0) is 28.6 Å². The zero-order chi connectivity index (χ0) is 55.0. The minimum absolute atomic E-state index is 0.0738. The molecule has 0 fully saturated rings. The summed E-state index contributed by atoms with van der Waals surface area (Å²) in [7, 11) is 0. The molecule has 0 aromatic carbocycles. The molecule has 0 spiro atoms. The van der Waals surface area contributed by atoms with Gasteiger partial charge in [-0.2, -0.15) is 0 Å². The first-order valence-corrected chi connectivity index (χ1v) is 33.3. The van der Waals surface area contributed by atoms with Crippen molar-refractivity contribution >= 4 is 17.9 Å². The van der Waals surface area contributed by atoms with Gasteiger partial charge in [-0.05, 0) is 83.5 Å². The van der Waals surface area contributed by atoms with Gasteiger partial charge in [0.25, 0.3) is 0 Å². The van der Waals surface area contributed by atoms with Gasteiger partial charge in [0.05, 0.1) is 0 Å². The molecule has 1 atom stereocenters.